The molecule has 3 heterocycles. The van der Waals surface area contributed by atoms with Crippen LogP contribution in [0.4, 0.5) is 0 Å². The first-order valence-electron chi connectivity index (χ1n) is 5.81. The third kappa shape index (κ3) is 1.50. The van der Waals surface area contributed by atoms with Gasteiger partial charge in [0.15, 0.2) is 0 Å². The molecule has 1 aliphatic carbocycles. The zero-order valence-corrected chi connectivity index (χ0v) is 8.87. The van der Waals surface area contributed by atoms with Gasteiger partial charge in [0.05, 0.1) is 0 Å². The van der Waals surface area contributed by atoms with Gasteiger partial charge >= 0.3 is 0 Å². The molecule has 2 nitrogen and oxygen atoms in total. The van der Waals surface area contributed by atoms with Gasteiger partial charge in [-0.15, -0.1) is 0 Å². The van der Waals surface area contributed by atoms with Crippen molar-refractivity contribution in [1.29, 1.82) is 0 Å². The van der Waals surface area contributed by atoms with Crippen molar-refractivity contribution in [3.63, 3.8) is 0 Å². The molecule has 2 N–H and O–H groups in total. The molecule has 1 saturated carbocycles. The number of hydrogen-bond donors (Lipinski definition) is 1. The van der Waals surface area contributed by atoms with Crippen LogP contribution >= 0.6 is 0 Å². The van der Waals surface area contributed by atoms with Crippen molar-refractivity contribution in [3.05, 3.63) is 0 Å². The molecule has 2 atom stereocenters. The normalized spacial score (nSPS) is 51.5. The van der Waals surface area contributed by atoms with Crippen molar-refractivity contribution in [1.82, 2.24) is 4.90 Å². The SMILES string of the molecule is CC.NC1C2CC3CC1CN(C3)C2. The van der Waals surface area contributed by atoms with E-state index in [-0.39, 0.29) is 0 Å². The van der Waals surface area contributed by atoms with Gasteiger partial charge in [-0.05, 0) is 30.6 Å². The lowest BCUT2D eigenvalue weighted by Gasteiger charge is -2.54. The van der Waals surface area contributed by atoms with E-state index >= 15 is 0 Å². The summed E-state index contributed by atoms with van der Waals surface area (Å²) in [6.07, 6.45) is 2.85. The summed E-state index contributed by atoms with van der Waals surface area (Å²) >= 11 is 0. The highest BCUT2D eigenvalue weighted by Crippen LogP contribution is 2.42. The summed E-state index contributed by atoms with van der Waals surface area (Å²) in [7, 11) is 0. The number of nitrogens with two attached hydrogens (primary N) is 1. The lowest BCUT2D eigenvalue weighted by Crippen LogP contribution is -2.62. The summed E-state index contributed by atoms with van der Waals surface area (Å²) in [5.74, 6) is 2.70. The quantitative estimate of drug-likeness (QED) is 0.612. The summed E-state index contributed by atoms with van der Waals surface area (Å²) in [5.41, 5.74) is 6.14. The fourth-order valence-electron chi connectivity index (χ4n) is 3.45. The van der Waals surface area contributed by atoms with Crippen LogP contribution in [0.1, 0.15) is 26.7 Å². The molecule has 76 valence electrons. The third-order valence-corrected chi connectivity index (χ3v) is 3.86. The van der Waals surface area contributed by atoms with Gasteiger partial charge in [-0.1, -0.05) is 13.8 Å². The average molecular weight is 182 g/mol. The first-order chi connectivity index (χ1) is 6.33. The summed E-state index contributed by atoms with van der Waals surface area (Å²) in [6, 6.07) is 0.544. The van der Waals surface area contributed by atoms with Crippen LogP contribution in [0.15, 0.2) is 0 Å². The second kappa shape index (κ2) is 3.58. The molecule has 4 bridgehead atoms. The lowest BCUT2D eigenvalue weighted by atomic mass is 9.65. The molecule has 0 radical (unpaired) electrons. The highest BCUT2D eigenvalue weighted by molar-refractivity contribution is 5.00. The Balaban J connectivity index is 0.000000308. The molecular weight excluding hydrogens is 160 g/mol. The van der Waals surface area contributed by atoms with E-state index in [1.165, 1.54) is 32.5 Å². The van der Waals surface area contributed by atoms with Crippen molar-refractivity contribution < 1.29 is 0 Å². The van der Waals surface area contributed by atoms with Gasteiger partial charge in [0.25, 0.3) is 0 Å². The van der Waals surface area contributed by atoms with Gasteiger partial charge in [-0.25, -0.2) is 0 Å². The van der Waals surface area contributed by atoms with E-state index in [1.54, 1.807) is 0 Å². The number of hydrogen-bond acceptors (Lipinski definition) is 2. The zero-order chi connectivity index (χ0) is 9.42. The molecule has 3 saturated heterocycles. The maximum Gasteiger partial charge on any atom is 0.0120 e. The van der Waals surface area contributed by atoms with Crippen LogP contribution in [-0.4, -0.2) is 30.6 Å². The van der Waals surface area contributed by atoms with Crippen molar-refractivity contribution in [2.24, 2.45) is 23.5 Å². The molecule has 0 aromatic rings. The molecule has 2 unspecified atom stereocenters. The fraction of sp³-hybridized carbons (Fsp3) is 1.00. The van der Waals surface area contributed by atoms with Gasteiger partial charge in [0, 0.05) is 25.7 Å². The topological polar surface area (TPSA) is 29.3 Å². The van der Waals surface area contributed by atoms with Crippen LogP contribution < -0.4 is 5.73 Å². The molecule has 0 aromatic carbocycles. The Bertz CT molecular complexity index is 151. The fourth-order valence-corrected chi connectivity index (χ4v) is 3.45. The molecule has 13 heavy (non-hydrogen) atoms. The molecular formula is C11H22N2. The summed E-state index contributed by atoms with van der Waals surface area (Å²) in [6.45, 7) is 7.97. The van der Waals surface area contributed by atoms with Gasteiger partial charge in [-0.3, -0.25) is 0 Å². The standard InChI is InChI=1S/C9H16N2.C2H6/c10-9-7-1-6-2-8(9)5-11(3-6)4-7;1-2/h6-9H,1-5,10H2;1-2H3. The lowest BCUT2D eigenvalue weighted by molar-refractivity contribution is -0.0328. The van der Waals surface area contributed by atoms with E-state index in [4.69, 9.17) is 5.73 Å². The molecule has 0 aromatic heterocycles. The van der Waals surface area contributed by atoms with Crippen LogP contribution in [0.2, 0.25) is 0 Å². The van der Waals surface area contributed by atoms with Crippen molar-refractivity contribution in [2.75, 3.05) is 19.6 Å². The van der Waals surface area contributed by atoms with Crippen LogP contribution in [-0.2, 0) is 0 Å². The van der Waals surface area contributed by atoms with E-state index in [1.807, 2.05) is 13.8 Å². The summed E-state index contributed by atoms with van der Waals surface area (Å²) in [4.78, 5) is 2.62. The van der Waals surface area contributed by atoms with Gasteiger partial charge in [-0.2, -0.15) is 0 Å². The Morgan fingerprint density at radius 2 is 1.54 bits per heavy atom. The highest BCUT2D eigenvalue weighted by Gasteiger charge is 2.45. The molecule has 4 aliphatic rings. The molecule has 2 heteroatoms. The van der Waals surface area contributed by atoms with Gasteiger partial charge in [0.1, 0.15) is 0 Å². The molecule has 3 aliphatic heterocycles. The van der Waals surface area contributed by atoms with Crippen molar-refractivity contribution >= 4 is 0 Å². The summed E-state index contributed by atoms with van der Waals surface area (Å²) < 4.78 is 0. The Kier molecular flexibility index (Phi) is 2.61. The Morgan fingerprint density at radius 1 is 1.00 bits per heavy atom. The second-order valence-electron chi connectivity index (χ2n) is 4.65. The minimum absolute atomic E-state index is 0.544. The Labute approximate surface area is 81.5 Å². The number of rotatable bonds is 0. The second-order valence-corrected chi connectivity index (χ2v) is 4.65. The molecule has 4 rings (SSSR count). The van der Waals surface area contributed by atoms with Crippen LogP contribution in [0, 0.1) is 17.8 Å². The molecule has 0 amide bonds. The minimum atomic E-state index is 0.544. The summed E-state index contributed by atoms with van der Waals surface area (Å²) in [5, 5.41) is 0. The van der Waals surface area contributed by atoms with E-state index < -0.39 is 0 Å². The predicted octanol–water partition coefficient (Wildman–Crippen LogP) is 1.31. The van der Waals surface area contributed by atoms with Crippen LogP contribution in [0.3, 0.4) is 0 Å². The maximum atomic E-state index is 6.14. The monoisotopic (exact) mass is 182 g/mol. The van der Waals surface area contributed by atoms with Gasteiger partial charge in [0.2, 0.25) is 0 Å². The van der Waals surface area contributed by atoms with Crippen molar-refractivity contribution in [3.8, 4) is 0 Å². The van der Waals surface area contributed by atoms with Crippen molar-refractivity contribution in [2.45, 2.75) is 32.7 Å². The zero-order valence-electron chi connectivity index (χ0n) is 8.87. The predicted molar refractivity (Wildman–Crippen MR) is 55.5 cm³/mol. The largest absolute Gasteiger partial charge is 0.327 e. The average Bonchev–Trinajstić information content (AvgIpc) is 2.16. The Hall–Kier alpha value is -0.0800. The van der Waals surface area contributed by atoms with Gasteiger partial charge < -0.3 is 10.6 Å². The molecule has 4 fully saturated rings. The van der Waals surface area contributed by atoms with Crippen LogP contribution in [0.25, 0.3) is 0 Å². The maximum absolute atomic E-state index is 6.14. The highest BCUT2D eigenvalue weighted by atomic mass is 15.2. The van der Waals surface area contributed by atoms with Crippen LogP contribution in [0.5, 0.6) is 0 Å². The van der Waals surface area contributed by atoms with E-state index in [0.717, 1.165) is 17.8 Å². The van der Waals surface area contributed by atoms with E-state index in [9.17, 15) is 0 Å². The first-order valence-corrected chi connectivity index (χ1v) is 5.81. The van der Waals surface area contributed by atoms with E-state index in [2.05, 4.69) is 4.90 Å². The van der Waals surface area contributed by atoms with E-state index in [0.29, 0.717) is 6.04 Å². The molecule has 0 spiro atoms. The minimum Gasteiger partial charge on any atom is -0.327 e. The first kappa shape index (κ1) is 9.47. The smallest absolute Gasteiger partial charge is 0.0120 e. The number of piperidine rings is 3. The third-order valence-electron chi connectivity index (χ3n) is 3.86. The number of nitrogens with zero attached hydrogens (tertiary/aromatic N) is 1. The Morgan fingerprint density at radius 3 is 2.00 bits per heavy atom.